The van der Waals surface area contributed by atoms with Crippen LogP contribution in [0, 0.1) is 0 Å². The summed E-state index contributed by atoms with van der Waals surface area (Å²) in [7, 11) is 1.25. The molecule has 0 fully saturated rings. The summed E-state index contributed by atoms with van der Waals surface area (Å²) >= 11 is 6.81. The van der Waals surface area contributed by atoms with Crippen LogP contribution in [0.4, 0.5) is 4.79 Å². The van der Waals surface area contributed by atoms with Crippen molar-refractivity contribution in [2.45, 2.75) is 0 Å². The molecule has 3 rings (SSSR count). The number of aromatic nitrogens is 2. The first-order valence-electron chi connectivity index (χ1n) is 5.90. The minimum absolute atomic E-state index is 0.276. The molecule has 0 aliphatic carbocycles. The molecule has 21 heavy (non-hydrogen) atoms. The fraction of sp³-hybridized carbons (Fsp3) is 0.0714. The number of methoxy groups -OCH3 is 1. The van der Waals surface area contributed by atoms with Gasteiger partial charge in [0, 0.05) is 4.47 Å². The Hall–Kier alpha value is -1.73. The molecular formula is C14H8Br2N2O3. The van der Waals surface area contributed by atoms with Crippen LogP contribution in [-0.4, -0.2) is 23.2 Å². The van der Waals surface area contributed by atoms with Gasteiger partial charge in [0.2, 0.25) is 0 Å². The van der Waals surface area contributed by atoms with Gasteiger partial charge in [-0.25, -0.2) is 14.8 Å². The van der Waals surface area contributed by atoms with Crippen molar-refractivity contribution in [1.29, 1.82) is 0 Å². The first kappa shape index (κ1) is 14.2. The van der Waals surface area contributed by atoms with Gasteiger partial charge < -0.3 is 9.47 Å². The van der Waals surface area contributed by atoms with Crippen LogP contribution in [0.1, 0.15) is 0 Å². The van der Waals surface area contributed by atoms with E-state index >= 15 is 0 Å². The Labute approximate surface area is 136 Å². The van der Waals surface area contributed by atoms with Crippen molar-refractivity contribution in [2.24, 2.45) is 0 Å². The molecule has 0 saturated heterocycles. The van der Waals surface area contributed by atoms with E-state index in [0.717, 1.165) is 9.99 Å². The summed E-state index contributed by atoms with van der Waals surface area (Å²) in [6.45, 7) is 0. The van der Waals surface area contributed by atoms with Crippen LogP contribution < -0.4 is 4.74 Å². The third-order valence-corrected chi connectivity index (χ3v) is 4.03. The first-order valence-corrected chi connectivity index (χ1v) is 7.49. The van der Waals surface area contributed by atoms with Crippen molar-refractivity contribution >= 4 is 60.1 Å². The molecule has 0 aliphatic heterocycles. The number of carbonyl (C=O) groups is 1. The highest BCUT2D eigenvalue weighted by Crippen LogP contribution is 2.37. The molecule has 0 aliphatic rings. The highest BCUT2D eigenvalue weighted by Gasteiger charge is 2.17. The lowest BCUT2D eigenvalue weighted by Gasteiger charge is -2.10. The maximum absolute atomic E-state index is 11.4. The number of rotatable bonds is 1. The fourth-order valence-electron chi connectivity index (χ4n) is 1.91. The van der Waals surface area contributed by atoms with Gasteiger partial charge in [0.1, 0.15) is 11.0 Å². The molecule has 1 heterocycles. The molecule has 0 spiro atoms. The molecule has 0 saturated carbocycles. The third-order valence-electron chi connectivity index (χ3n) is 2.83. The molecule has 0 radical (unpaired) electrons. The number of halogens is 2. The summed E-state index contributed by atoms with van der Waals surface area (Å²) in [5.41, 5.74) is 2.55. The zero-order chi connectivity index (χ0) is 15.0. The van der Waals surface area contributed by atoms with Crippen LogP contribution in [0.2, 0.25) is 0 Å². The van der Waals surface area contributed by atoms with E-state index in [1.54, 1.807) is 6.07 Å². The average Bonchev–Trinajstić information content (AvgIpc) is 2.49. The van der Waals surface area contributed by atoms with E-state index in [2.05, 4.69) is 46.6 Å². The number of fused-ring (bicyclic) bond motifs is 2. The van der Waals surface area contributed by atoms with Gasteiger partial charge in [-0.2, -0.15) is 0 Å². The Morgan fingerprint density at radius 3 is 2.29 bits per heavy atom. The van der Waals surface area contributed by atoms with Crippen LogP contribution in [0.3, 0.4) is 0 Å². The van der Waals surface area contributed by atoms with Crippen LogP contribution in [0.25, 0.3) is 22.1 Å². The van der Waals surface area contributed by atoms with Crippen molar-refractivity contribution in [3.63, 3.8) is 0 Å². The maximum Gasteiger partial charge on any atom is 0.513 e. The molecule has 0 bridgehead atoms. The Kier molecular flexibility index (Phi) is 3.77. The molecule has 1 aromatic heterocycles. The molecule has 0 unspecified atom stereocenters. The van der Waals surface area contributed by atoms with Crippen molar-refractivity contribution in [1.82, 2.24) is 9.97 Å². The normalized spacial score (nSPS) is 10.8. The molecule has 0 amide bonds. The molecule has 0 atom stereocenters. The number of benzene rings is 2. The van der Waals surface area contributed by atoms with E-state index in [1.165, 1.54) is 7.11 Å². The SMILES string of the molecule is COC(=O)Oc1c(Br)cc(Br)c2nc3ccccc3nc12. The summed E-state index contributed by atoms with van der Waals surface area (Å²) < 4.78 is 11.0. The van der Waals surface area contributed by atoms with Crippen LogP contribution in [-0.2, 0) is 4.74 Å². The fourth-order valence-corrected chi connectivity index (χ4v) is 3.22. The highest BCUT2D eigenvalue weighted by molar-refractivity contribution is 9.11. The van der Waals surface area contributed by atoms with Gasteiger partial charge in [0.15, 0.2) is 5.75 Å². The second-order valence-electron chi connectivity index (χ2n) is 4.14. The van der Waals surface area contributed by atoms with E-state index in [0.29, 0.717) is 21.0 Å². The van der Waals surface area contributed by atoms with Gasteiger partial charge >= 0.3 is 6.16 Å². The minimum Gasteiger partial charge on any atom is -0.437 e. The monoisotopic (exact) mass is 410 g/mol. The second-order valence-corrected chi connectivity index (χ2v) is 5.84. The zero-order valence-corrected chi connectivity index (χ0v) is 13.9. The Balaban J connectivity index is 2.35. The van der Waals surface area contributed by atoms with Crippen LogP contribution in [0.15, 0.2) is 39.3 Å². The predicted octanol–water partition coefficient (Wildman–Crippen LogP) is 4.45. The number of hydrogen-bond acceptors (Lipinski definition) is 5. The lowest BCUT2D eigenvalue weighted by Crippen LogP contribution is -2.08. The summed E-state index contributed by atoms with van der Waals surface area (Å²) in [6.07, 6.45) is -0.811. The summed E-state index contributed by atoms with van der Waals surface area (Å²) in [6, 6.07) is 9.23. The van der Waals surface area contributed by atoms with E-state index in [9.17, 15) is 4.79 Å². The summed E-state index contributed by atoms with van der Waals surface area (Å²) in [5.74, 6) is 0.276. The van der Waals surface area contributed by atoms with E-state index in [1.807, 2.05) is 24.3 Å². The van der Waals surface area contributed by atoms with Crippen molar-refractivity contribution in [2.75, 3.05) is 7.11 Å². The van der Waals surface area contributed by atoms with Gasteiger partial charge in [-0.3, -0.25) is 0 Å². The van der Waals surface area contributed by atoms with E-state index in [-0.39, 0.29) is 5.75 Å². The van der Waals surface area contributed by atoms with E-state index in [4.69, 9.17) is 4.74 Å². The van der Waals surface area contributed by atoms with Crippen LogP contribution >= 0.6 is 31.9 Å². The standard InChI is InChI=1S/C14H8Br2N2O3/c1-20-14(19)21-13-8(16)6-7(15)11-12(13)18-10-5-3-2-4-9(10)17-11/h2-6H,1H3. The van der Waals surface area contributed by atoms with E-state index < -0.39 is 6.16 Å². The third kappa shape index (κ3) is 2.58. The molecule has 0 N–H and O–H groups in total. The van der Waals surface area contributed by atoms with Crippen molar-refractivity contribution < 1.29 is 14.3 Å². The summed E-state index contributed by atoms with van der Waals surface area (Å²) in [5, 5.41) is 0. The minimum atomic E-state index is -0.811. The van der Waals surface area contributed by atoms with Gasteiger partial charge in [0.25, 0.3) is 0 Å². The molecular weight excluding hydrogens is 404 g/mol. The van der Waals surface area contributed by atoms with Gasteiger partial charge in [-0.05, 0) is 50.1 Å². The summed E-state index contributed by atoms with van der Waals surface area (Å²) in [4.78, 5) is 20.5. The quantitative estimate of drug-likeness (QED) is 0.336. The average molecular weight is 412 g/mol. The van der Waals surface area contributed by atoms with Crippen LogP contribution in [0.5, 0.6) is 5.75 Å². The van der Waals surface area contributed by atoms with Gasteiger partial charge in [-0.15, -0.1) is 0 Å². The number of carbonyl (C=O) groups excluding carboxylic acids is 1. The Bertz CT molecular complexity index is 868. The lowest BCUT2D eigenvalue weighted by atomic mass is 10.2. The predicted molar refractivity (Wildman–Crippen MR) is 85.5 cm³/mol. The van der Waals surface area contributed by atoms with Gasteiger partial charge in [0.05, 0.1) is 22.6 Å². The second kappa shape index (κ2) is 5.57. The molecule has 2 aromatic carbocycles. The first-order chi connectivity index (χ1) is 10.1. The maximum atomic E-state index is 11.4. The lowest BCUT2D eigenvalue weighted by molar-refractivity contribution is 0.121. The molecule has 7 heteroatoms. The van der Waals surface area contributed by atoms with Crippen molar-refractivity contribution in [3.8, 4) is 5.75 Å². The van der Waals surface area contributed by atoms with Gasteiger partial charge in [-0.1, -0.05) is 12.1 Å². The Morgan fingerprint density at radius 2 is 1.67 bits per heavy atom. The number of nitrogens with zero attached hydrogens (tertiary/aromatic N) is 2. The highest BCUT2D eigenvalue weighted by atomic mass is 79.9. The zero-order valence-electron chi connectivity index (χ0n) is 10.8. The number of hydrogen-bond donors (Lipinski definition) is 0. The Morgan fingerprint density at radius 1 is 1.05 bits per heavy atom. The molecule has 3 aromatic rings. The topological polar surface area (TPSA) is 61.3 Å². The smallest absolute Gasteiger partial charge is 0.437 e. The number of ether oxygens (including phenoxy) is 2. The largest absolute Gasteiger partial charge is 0.513 e. The molecule has 5 nitrogen and oxygen atoms in total. The molecule has 106 valence electrons. The number of para-hydroxylation sites is 2. The van der Waals surface area contributed by atoms with Crippen molar-refractivity contribution in [3.05, 3.63) is 39.3 Å².